The zero-order valence-corrected chi connectivity index (χ0v) is 46.3. The van der Waals surface area contributed by atoms with Crippen LogP contribution in [-0.2, 0) is 0 Å². The normalized spacial score (nSPS) is 12.0. The van der Waals surface area contributed by atoms with E-state index in [4.69, 9.17) is 0 Å². The molecule has 0 radical (unpaired) electrons. The molecule has 85 heavy (non-hydrogen) atoms. The van der Waals surface area contributed by atoms with Gasteiger partial charge in [-0.05, 0) is 93.7 Å². The number of hydrogen-bond donors (Lipinski definition) is 0. The maximum atomic E-state index is 13.0. The van der Waals surface area contributed by atoms with Crippen molar-refractivity contribution in [2.45, 2.75) is 0 Å². The first-order valence-corrected chi connectivity index (χ1v) is 29.4. The van der Waals surface area contributed by atoms with Gasteiger partial charge in [-0.2, -0.15) is 10.5 Å². The predicted molar refractivity (Wildman–Crippen MR) is 354 cm³/mol. The lowest BCUT2D eigenvalue weighted by molar-refractivity contribution is 1.02. The van der Waals surface area contributed by atoms with Crippen LogP contribution >= 0.6 is 11.3 Å². The van der Waals surface area contributed by atoms with Gasteiger partial charge in [-0.1, -0.05) is 206 Å². The summed E-state index contributed by atoms with van der Waals surface area (Å²) in [6.07, 6.45) is 0. The van der Waals surface area contributed by atoms with E-state index in [9.17, 15) is 10.5 Å². The molecule has 0 saturated carbocycles. The minimum Gasteiger partial charge on any atom is -0.306 e. The van der Waals surface area contributed by atoms with Gasteiger partial charge >= 0.3 is 0 Å². The summed E-state index contributed by atoms with van der Waals surface area (Å²) < 4.78 is 11.5. The van der Waals surface area contributed by atoms with Gasteiger partial charge in [0.2, 0.25) is 0 Å². The number of thiophene rings is 1. The fraction of sp³-hybridized carbons (Fsp3) is 0. The maximum Gasteiger partial charge on any atom is 0.104 e. The Bertz CT molecular complexity index is 5850. The summed E-state index contributed by atoms with van der Waals surface area (Å²) in [5, 5.41) is 38.9. The van der Waals surface area contributed by atoms with E-state index in [2.05, 4.69) is 297 Å². The third kappa shape index (κ3) is 6.50. The van der Waals surface area contributed by atoms with E-state index >= 15 is 0 Å². The first-order valence-electron chi connectivity index (χ1n) is 28.6. The standard InChI is InChI=1S/C78H44N6S/c79-45-61-74(81-63-31-13-6-24-52(63)53-25-7-14-32-64(53)81)75(82-65-33-15-8-26-54(65)55-27-9-16-34-66(55)82)62(46-80)77(76(61)83-67-35-17-10-28-56(67)57-29-11-18-36-68(57)83)84-69-42-39-49(72-50-23-5-4-22-48(50)38-40-51(72)47-20-2-1-3-21-47)44-60(69)73-70(84)43-41-59-58-30-12-19-37-71(58)85-78(59)73/h1-44H. The van der Waals surface area contributed by atoms with Crippen molar-refractivity contribution in [1.82, 2.24) is 18.3 Å². The van der Waals surface area contributed by atoms with Crippen molar-refractivity contribution in [3.8, 4) is 57.1 Å². The largest absolute Gasteiger partial charge is 0.306 e. The smallest absolute Gasteiger partial charge is 0.104 e. The molecule has 0 aliphatic heterocycles. The Morgan fingerprint density at radius 2 is 0.671 bits per heavy atom. The molecule has 18 rings (SSSR count). The van der Waals surface area contributed by atoms with Gasteiger partial charge in [0.15, 0.2) is 0 Å². The van der Waals surface area contributed by atoms with E-state index in [1.165, 1.54) is 15.5 Å². The Labute approximate surface area is 490 Å². The molecule has 5 aromatic heterocycles. The van der Waals surface area contributed by atoms with Crippen LogP contribution in [-0.4, -0.2) is 18.3 Å². The van der Waals surface area contributed by atoms with Crippen LogP contribution in [0.1, 0.15) is 11.1 Å². The van der Waals surface area contributed by atoms with Gasteiger partial charge in [0.1, 0.15) is 23.3 Å². The van der Waals surface area contributed by atoms with Gasteiger partial charge in [0, 0.05) is 63.3 Å². The van der Waals surface area contributed by atoms with Gasteiger partial charge in [-0.15, -0.1) is 11.3 Å². The van der Waals surface area contributed by atoms with Crippen molar-refractivity contribution in [2.75, 3.05) is 0 Å². The Hall–Kier alpha value is -11.5. The van der Waals surface area contributed by atoms with Gasteiger partial charge < -0.3 is 18.3 Å². The second-order valence-electron chi connectivity index (χ2n) is 22.1. The van der Waals surface area contributed by atoms with Crippen LogP contribution in [0.4, 0.5) is 0 Å². The second-order valence-corrected chi connectivity index (χ2v) is 23.1. The fourth-order valence-corrected chi connectivity index (χ4v) is 15.7. The van der Waals surface area contributed by atoms with E-state index in [1.54, 1.807) is 11.3 Å². The summed E-state index contributed by atoms with van der Waals surface area (Å²) in [5.41, 5.74) is 15.1. The Morgan fingerprint density at radius 1 is 0.282 bits per heavy atom. The molecule has 0 atom stereocenters. The monoisotopic (exact) mass is 1100 g/mol. The molecule has 6 nitrogen and oxygen atoms in total. The highest BCUT2D eigenvalue weighted by atomic mass is 32.1. The first kappa shape index (κ1) is 47.2. The summed E-state index contributed by atoms with van der Waals surface area (Å²) in [5.74, 6) is 0. The quantitative estimate of drug-likeness (QED) is 0.166. The van der Waals surface area contributed by atoms with Gasteiger partial charge in [0.25, 0.3) is 0 Å². The number of nitriles is 2. The topological polar surface area (TPSA) is 67.3 Å². The van der Waals surface area contributed by atoms with E-state index in [-0.39, 0.29) is 0 Å². The molecule has 7 heteroatoms. The van der Waals surface area contributed by atoms with Crippen LogP contribution in [0.2, 0.25) is 0 Å². The molecular weight excluding hydrogens is 1050 g/mol. The highest BCUT2D eigenvalue weighted by Crippen LogP contribution is 2.51. The van der Waals surface area contributed by atoms with Gasteiger partial charge in [0.05, 0.1) is 66.9 Å². The lowest BCUT2D eigenvalue weighted by atomic mass is 9.89. The van der Waals surface area contributed by atoms with Crippen LogP contribution in [0.15, 0.2) is 267 Å². The minimum absolute atomic E-state index is 0.416. The number of nitrogens with zero attached hydrogens (tertiary/aromatic N) is 6. The van der Waals surface area contributed by atoms with Crippen LogP contribution in [0.5, 0.6) is 0 Å². The first-order chi connectivity index (χ1) is 42.2. The highest BCUT2D eigenvalue weighted by Gasteiger charge is 2.35. The molecule has 0 spiro atoms. The highest BCUT2D eigenvalue weighted by molar-refractivity contribution is 7.26. The number of aromatic nitrogens is 4. The molecule has 392 valence electrons. The predicted octanol–water partition coefficient (Wildman–Crippen LogP) is 20.7. The summed E-state index contributed by atoms with van der Waals surface area (Å²) in [6, 6.07) is 101. The van der Waals surface area contributed by atoms with E-state index in [0.29, 0.717) is 33.9 Å². The van der Waals surface area contributed by atoms with Crippen molar-refractivity contribution in [1.29, 1.82) is 10.5 Å². The number of para-hydroxylation sites is 6. The molecule has 0 amide bonds. The molecule has 18 aromatic rings. The molecule has 5 heterocycles. The average molecular weight is 1100 g/mol. The van der Waals surface area contributed by atoms with Crippen LogP contribution < -0.4 is 0 Å². The molecule has 0 aliphatic rings. The summed E-state index contributed by atoms with van der Waals surface area (Å²) in [7, 11) is 0. The fourth-order valence-electron chi connectivity index (χ4n) is 14.4. The lowest BCUT2D eigenvalue weighted by Crippen LogP contribution is -2.16. The number of hydrogen-bond acceptors (Lipinski definition) is 3. The lowest BCUT2D eigenvalue weighted by Gasteiger charge is -2.27. The van der Waals surface area contributed by atoms with Crippen molar-refractivity contribution < 1.29 is 0 Å². The maximum absolute atomic E-state index is 13.0. The summed E-state index contributed by atoms with van der Waals surface area (Å²) in [4.78, 5) is 0. The number of fused-ring (bicyclic) bond motifs is 17. The van der Waals surface area contributed by atoms with Crippen LogP contribution in [0.25, 0.3) is 163 Å². The Balaban J connectivity index is 1.11. The molecule has 0 fully saturated rings. The second kappa shape index (κ2) is 18.0. The van der Waals surface area contributed by atoms with Crippen LogP contribution in [0.3, 0.4) is 0 Å². The zero-order valence-electron chi connectivity index (χ0n) is 45.5. The van der Waals surface area contributed by atoms with Crippen molar-refractivity contribution in [3.63, 3.8) is 0 Å². The average Bonchev–Trinajstić information content (AvgIpc) is 1.68. The third-order valence-corrected chi connectivity index (χ3v) is 19.0. The summed E-state index contributed by atoms with van der Waals surface area (Å²) in [6.45, 7) is 0. The van der Waals surface area contributed by atoms with Crippen LogP contribution in [0, 0.1) is 22.7 Å². The Morgan fingerprint density at radius 3 is 1.15 bits per heavy atom. The van der Waals surface area contributed by atoms with E-state index < -0.39 is 0 Å². The Kier molecular flexibility index (Phi) is 10.00. The third-order valence-electron chi connectivity index (χ3n) is 17.8. The molecule has 0 unspecified atom stereocenters. The minimum atomic E-state index is 0.416. The molecule has 0 saturated heterocycles. The molecule has 0 aliphatic carbocycles. The van der Waals surface area contributed by atoms with Gasteiger partial charge in [-0.3, -0.25) is 0 Å². The molecular formula is C78H44N6S. The van der Waals surface area contributed by atoms with Gasteiger partial charge in [-0.25, -0.2) is 0 Å². The van der Waals surface area contributed by atoms with E-state index in [0.717, 1.165) is 125 Å². The molecule has 0 bridgehead atoms. The SMILES string of the molecule is N#Cc1c(-n2c3ccccc3c3ccccc32)c(-n2c3ccccc3c3ccccc32)c(C#N)c(-n2c3ccc(-c4c(-c5ccccc5)ccc5ccccc45)cc3c3c4sc5ccccc5c4ccc32)c1-n1c2ccccc2c2ccccc21. The molecule has 0 N–H and O–H groups in total. The van der Waals surface area contributed by atoms with Crippen molar-refractivity contribution in [3.05, 3.63) is 278 Å². The van der Waals surface area contributed by atoms with E-state index in [1.807, 2.05) is 0 Å². The van der Waals surface area contributed by atoms with Crippen molar-refractivity contribution >= 4 is 130 Å². The number of rotatable bonds is 6. The zero-order chi connectivity index (χ0) is 56.0. The number of benzene rings is 13. The summed E-state index contributed by atoms with van der Waals surface area (Å²) >= 11 is 1.81. The molecule has 13 aromatic carbocycles. The van der Waals surface area contributed by atoms with Crippen molar-refractivity contribution in [2.24, 2.45) is 0 Å².